The molecule has 178 valence electrons. The smallest absolute Gasteiger partial charge is 0.412 e. The minimum Gasteiger partial charge on any atom is -0.478 e. The molecule has 4 rings (SSSR count). The average Bonchev–Trinajstić information content (AvgIpc) is 2.79. The van der Waals surface area contributed by atoms with E-state index in [1.807, 2.05) is 6.08 Å². The molecule has 2 N–H and O–H groups in total. The summed E-state index contributed by atoms with van der Waals surface area (Å²) < 4.78 is 44.4. The number of allylic oxidation sites excluding steroid dienone is 2. The van der Waals surface area contributed by atoms with Crippen molar-refractivity contribution < 1.29 is 23.1 Å². The molecule has 2 aromatic carbocycles. The van der Waals surface area contributed by atoms with Crippen LogP contribution in [-0.2, 0) is 7.05 Å². The molecule has 0 unspecified atom stereocenters. The second kappa shape index (κ2) is 9.13. The number of benzene rings is 2. The maximum absolute atomic E-state index is 14.3. The highest BCUT2D eigenvalue weighted by molar-refractivity contribution is 6.31. The molecule has 0 aliphatic heterocycles. The summed E-state index contributed by atoms with van der Waals surface area (Å²) in [6.45, 7) is 0. The van der Waals surface area contributed by atoms with Crippen molar-refractivity contribution in [2.45, 2.75) is 37.9 Å². The number of hydrogen-bond acceptors (Lipinski definition) is 4. The molecule has 1 atom stereocenters. The summed E-state index contributed by atoms with van der Waals surface area (Å²) in [5.41, 5.74) is -0.727. The number of rotatable bonds is 5. The van der Waals surface area contributed by atoms with Gasteiger partial charge in [-0.05, 0) is 55.5 Å². The van der Waals surface area contributed by atoms with Crippen LogP contribution < -0.4 is 10.9 Å². The van der Waals surface area contributed by atoms with E-state index >= 15 is 0 Å². The molecular formula is C24H21ClF3N3O3. The molecule has 1 aliphatic rings. The molecule has 0 spiro atoms. The first-order valence-corrected chi connectivity index (χ1v) is 11.0. The first-order chi connectivity index (χ1) is 16.1. The van der Waals surface area contributed by atoms with Gasteiger partial charge >= 0.3 is 12.1 Å². The summed E-state index contributed by atoms with van der Waals surface area (Å²) in [4.78, 5) is 29.2. The van der Waals surface area contributed by atoms with Crippen LogP contribution in [0.4, 0.5) is 18.9 Å². The maximum Gasteiger partial charge on any atom is 0.412 e. The van der Waals surface area contributed by atoms with E-state index in [0.29, 0.717) is 12.2 Å². The Hall–Kier alpha value is -3.33. The zero-order valence-corrected chi connectivity index (χ0v) is 18.9. The predicted octanol–water partition coefficient (Wildman–Crippen LogP) is 5.96. The quantitative estimate of drug-likeness (QED) is 0.460. The molecule has 10 heteroatoms. The Morgan fingerprint density at radius 2 is 1.97 bits per heavy atom. The molecule has 0 fully saturated rings. The van der Waals surface area contributed by atoms with Crippen molar-refractivity contribution in [2.75, 3.05) is 5.32 Å². The fraction of sp³-hybridized carbons (Fsp3) is 0.292. The van der Waals surface area contributed by atoms with Crippen molar-refractivity contribution in [3.8, 4) is 0 Å². The summed E-state index contributed by atoms with van der Waals surface area (Å²) in [7, 11) is 1.53. The topological polar surface area (TPSA) is 84.2 Å². The lowest BCUT2D eigenvalue weighted by molar-refractivity contribution is -0.143. The molecule has 0 bridgehead atoms. The molecule has 0 saturated heterocycles. The number of carboxylic acids is 1. The lowest BCUT2D eigenvalue weighted by atomic mass is 9.97. The van der Waals surface area contributed by atoms with Crippen LogP contribution in [0, 0.1) is 0 Å². The van der Waals surface area contributed by atoms with Gasteiger partial charge in [-0.2, -0.15) is 13.2 Å². The van der Waals surface area contributed by atoms with E-state index in [-0.39, 0.29) is 32.7 Å². The largest absolute Gasteiger partial charge is 0.478 e. The van der Waals surface area contributed by atoms with Crippen molar-refractivity contribution in [2.24, 2.45) is 7.05 Å². The molecule has 34 heavy (non-hydrogen) atoms. The highest BCUT2D eigenvalue weighted by atomic mass is 35.5. The monoisotopic (exact) mass is 491 g/mol. The Kier molecular flexibility index (Phi) is 6.40. The van der Waals surface area contributed by atoms with Crippen LogP contribution in [0.25, 0.3) is 16.5 Å². The van der Waals surface area contributed by atoms with Crippen LogP contribution in [0.2, 0.25) is 5.02 Å². The number of aromatic nitrogens is 2. The predicted molar refractivity (Wildman–Crippen MR) is 124 cm³/mol. The zero-order chi connectivity index (χ0) is 24.6. The average molecular weight is 492 g/mol. The van der Waals surface area contributed by atoms with Crippen LogP contribution >= 0.6 is 11.6 Å². The van der Waals surface area contributed by atoms with Crippen molar-refractivity contribution >= 4 is 39.7 Å². The molecule has 0 radical (unpaired) electrons. The van der Waals surface area contributed by atoms with Gasteiger partial charge in [0.15, 0.2) is 6.04 Å². The van der Waals surface area contributed by atoms with Gasteiger partial charge in [0.05, 0.1) is 16.5 Å². The number of anilines is 1. The van der Waals surface area contributed by atoms with Crippen molar-refractivity contribution in [1.82, 2.24) is 9.55 Å². The van der Waals surface area contributed by atoms with Gasteiger partial charge < -0.3 is 10.4 Å². The van der Waals surface area contributed by atoms with E-state index in [0.717, 1.165) is 30.9 Å². The first kappa shape index (κ1) is 23.8. The van der Waals surface area contributed by atoms with Gasteiger partial charge in [-0.3, -0.25) is 9.36 Å². The number of para-hydroxylation sites is 1. The van der Waals surface area contributed by atoms with Crippen LogP contribution in [0.5, 0.6) is 0 Å². The van der Waals surface area contributed by atoms with Gasteiger partial charge in [-0.25, -0.2) is 9.78 Å². The summed E-state index contributed by atoms with van der Waals surface area (Å²) in [6.07, 6.45) is 0.462. The van der Waals surface area contributed by atoms with Crippen LogP contribution in [0.3, 0.4) is 0 Å². The van der Waals surface area contributed by atoms with E-state index in [1.165, 1.54) is 41.9 Å². The molecular weight excluding hydrogens is 471 g/mol. The van der Waals surface area contributed by atoms with Gasteiger partial charge in [-0.15, -0.1) is 0 Å². The maximum atomic E-state index is 14.3. The molecule has 1 heterocycles. The molecule has 0 amide bonds. The number of carboxylic acid groups (broad SMARTS) is 1. The van der Waals surface area contributed by atoms with E-state index < -0.39 is 23.7 Å². The second-order valence-electron chi connectivity index (χ2n) is 8.14. The second-order valence-corrected chi connectivity index (χ2v) is 8.57. The summed E-state index contributed by atoms with van der Waals surface area (Å²) in [5.74, 6) is -1.06. The van der Waals surface area contributed by atoms with Gasteiger partial charge in [0.25, 0.3) is 5.56 Å². The number of fused-ring (bicyclic) bond motifs is 1. The van der Waals surface area contributed by atoms with Crippen molar-refractivity contribution in [3.63, 3.8) is 0 Å². The van der Waals surface area contributed by atoms with Gasteiger partial charge in [-0.1, -0.05) is 29.8 Å². The number of alkyl halides is 3. The Balaban J connectivity index is 1.97. The zero-order valence-electron chi connectivity index (χ0n) is 18.1. The van der Waals surface area contributed by atoms with E-state index in [2.05, 4.69) is 10.3 Å². The van der Waals surface area contributed by atoms with Crippen molar-refractivity contribution in [1.29, 1.82) is 0 Å². The Morgan fingerprint density at radius 1 is 1.24 bits per heavy atom. The van der Waals surface area contributed by atoms with Gasteiger partial charge in [0.1, 0.15) is 5.82 Å². The fourth-order valence-electron chi connectivity index (χ4n) is 4.20. The van der Waals surface area contributed by atoms with E-state index in [4.69, 9.17) is 11.6 Å². The third-order valence-electron chi connectivity index (χ3n) is 5.85. The minimum absolute atomic E-state index is 0.0484. The third kappa shape index (κ3) is 4.52. The Bertz CT molecular complexity index is 1370. The lowest BCUT2D eigenvalue weighted by Crippen LogP contribution is -2.30. The normalized spacial score (nSPS) is 15.1. The van der Waals surface area contributed by atoms with E-state index in [1.54, 1.807) is 0 Å². The van der Waals surface area contributed by atoms with Gasteiger partial charge in [0.2, 0.25) is 0 Å². The number of hydrogen-bond donors (Lipinski definition) is 2. The third-order valence-corrected chi connectivity index (χ3v) is 6.07. The Labute approximate surface area is 197 Å². The number of halogens is 4. The molecule has 1 aromatic heterocycles. The minimum atomic E-state index is -4.85. The van der Waals surface area contributed by atoms with Crippen LogP contribution in [0.1, 0.15) is 53.5 Å². The van der Waals surface area contributed by atoms with Crippen LogP contribution in [-0.4, -0.2) is 26.8 Å². The summed E-state index contributed by atoms with van der Waals surface area (Å²) in [5, 5.41) is 11.6. The first-order valence-electron chi connectivity index (χ1n) is 10.6. The van der Waals surface area contributed by atoms with Crippen molar-refractivity contribution in [3.05, 3.63) is 74.8 Å². The van der Waals surface area contributed by atoms with Gasteiger partial charge in [0, 0.05) is 23.3 Å². The molecule has 3 aromatic rings. The van der Waals surface area contributed by atoms with Crippen LogP contribution in [0.15, 0.2) is 47.3 Å². The number of carbonyl (C=O) groups is 1. The number of aromatic carboxylic acids is 1. The van der Waals surface area contributed by atoms with E-state index in [9.17, 15) is 27.9 Å². The fourth-order valence-corrected chi connectivity index (χ4v) is 4.43. The highest BCUT2D eigenvalue weighted by Gasteiger charge is 2.43. The lowest BCUT2D eigenvalue weighted by Gasteiger charge is -2.25. The standard InChI is InChI=1S/C24H21ClF3N3O3/c1-31-21(13-7-3-2-4-8-13)30-19-16(11-14(25)12-17(19)22(31)32)20(24(26,27)28)29-18-10-6-5-9-15(18)23(33)34/h5-7,9-12,20,29H,2-4,8H2,1H3,(H,33,34)/t20-/m0/s1. The molecule has 0 saturated carbocycles. The Morgan fingerprint density at radius 3 is 2.62 bits per heavy atom. The number of nitrogens with zero attached hydrogens (tertiary/aromatic N) is 2. The molecule has 1 aliphatic carbocycles. The SMILES string of the molecule is Cn1c(C2=CCCCC2)nc2c([C@H](Nc3ccccc3C(=O)O)C(F)(F)F)cc(Cl)cc2c1=O. The molecule has 6 nitrogen and oxygen atoms in total. The number of nitrogens with one attached hydrogen (secondary N) is 1. The summed E-state index contributed by atoms with van der Waals surface area (Å²) in [6, 6.07) is 5.36. The highest BCUT2D eigenvalue weighted by Crippen LogP contribution is 2.40. The summed E-state index contributed by atoms with van der Waals surface area (Å²) >= 11 is 6.14.